The van der Waals surface area contributed by atoms with Gasteiger partial charge in [0.15, 0.2) is 0 Å². The molecule has 2 aromatic rings. The molecule has 3 amide bonds. The Kier molecular flexibility index (Phi) is 7.11. The summed E-state index contributed by atoms with van der Waals surface area (Å²) in [6, 6.07) is 9.39. The van der Waals surface area contributed by atoms with Gasteiger partial charge in [0.1, 0.15) is 0 Å². The fraction of sp³-hybridized carbons (Fsp3) is 0.381. The third kappa shape index (κ3) is 5.13. The zero-order valence-corrected chi connectivity index (χ0v) is 19.0. The Morgan fingerprint density at radius 1 is 1.03 bits per heavy atom. The first-order valence-electron chi connectivity index (χ1n) is 9.95. The average Bonchev–Trinajstić information content (AvgIpc) is 3.32. The number of carbonyl (C=O) groups excluding carboxylic acids is 3. The average molecular weight is 464 g/mol. The minimum Gasteiger partial charge on any atom is -0.339 e. The standard InChI is InChI=1S/C21H25N3O5S2/c1-3-18(25)23-10-12-24(13-11-23)21(27)20(22-19(26)17-5-4-14-30-17)31(28,29)16-8-6-15(2)7-9-16/h4-9,14,20H,3,10-13H2,1-2H3,(H,22,26)/t20-/m0/s1. The number of carbonyl (C=O) groups is 3. The van der Waals surface area contributed by atoms with E-state index in [4.69, 9.17) is 0 Å². The van der Waals surface area contributed by atoms with Crippen molar-refractivity contribution in [3.05, 3.63) is 52.2 Å². The van der Waals surface area contributed by atoms with Gasteiger partial charge in [-0.2, -0.15) is 0 Å². The van der Waals surface area contributed by atoms with Crippen molar-refractivity contribution in [1.82, 2.24) is 15.1 Å². The van der Waals surface area contributed by atoms with Crippen LogP contribution in [-0.2, 0) is 19.4 Å². The smallest absolute Gasteiger partial charge is 0.262 e. The molecular weight excluding hydrogens is 438 g/mol. The van der Waals surface area contributed by atoms with Gasteiger partial charge in [0.05, 0.1) is 9.77 Å². The van der Waals surface area contributed by atoms with Gasteiger partial charge < -0.3 is 15.1 Å². The SMILES string of the molecule is CCC(=O)N1CCN(C(=O)[C@@H](NC(=O)c2cccs2)S(=O)(=O)c2ccc(C)cc2)CC1. The molecule has 1 N–H and O–H groups in total. The third-order valence-electron chi connectivity index (χ3n) is 5.14. The summed E-state index contributed by atoms with van der Waals surface area (Å²) in [5, 5.41) is 2.37. The molecule has 1 aromatic heterocycles. The summed E-state index contributed by atoms with van der Waals surface area (Å²) in [6.07, 6.45) is 0.370. The molecule has 0 aliphatic carbocycles. The van der Waals surface area contributed by atoms with Crippen molar-refractivity contribution in [3.63, 3.8) is 0 Å². The zero-order valence-electron chi connectivity index (χ0n) is 17.4. The highest BCUT2D eigenvalue weighted by molar-refractivity contribution is 7.92. The van der Waals surface area contributed by atoms with Crippen LogP contribution in [0.3, 0.4) is 0 Å². The lowest BCUT2D eigenvalue weighted by molar-refractivity contribution is -0.139. The van der Waals surface area contributed by atoms with Crippen molar-refractivity contribution in [2.75, 3.05) is 26.2 Å². The predicted octanol–water partition coefficient (Wildman–Crippen LogP) is 1.67. The summed E-state index contributed by atoms with van der Waals surface area (Å²) in [6.45, 7) is 4.67. The number of piperazine rings is 1. The fourth-order valence-corrected chi connectivity index (χ4v) is 5.39. The quantitative estimate of drug-likeness (QED) is 0.702. The summed E-state index contributed by atoms with van der Waals surface area (Å²) in [4.78, 5) is 41.1. The van der Waals surface area contributed by atoms with Crippen molar-refractivity contribution < 1.29 is 22.8 Å². The van der Waals surface area contributed by atoms with E-state index < -0.39 is 27.0 Å². The molecule has 166 valence electrons. The summed E-state index contributed by atoms with van der Waals surface area (Å²) < 4.78 is 26.7. The maximum atomic E-state index is 13.3. The van der Waals surface area contributed by atoms with E-state index in [-0.39, 0.29) is 23.9 Å². The van der Waals surface area contributed by atoms with Crippen molar-refractivity contribution in [2.45, 2.75) is 30.5 Å². The van der Waals surface area contributed by atoms with Crippen LogP contribution < -0.4 is 5.32 Å². The number of nitrogens with one attached hydrogen (secondary N) is 1. The van der Waals surface area contributed by atoms with E-state index in [9.17, 15) is 22.8 Å². The molecule has 1 aliphatic heterocycles. The van der Waals surface area contributed by atoms with E-state index in [2.05, 4.69) is 5.32 Å². The van der Waals surface area contributed by atoms with Crippen molar-refractivity contribution in [1.29, 1.82) is 0 Å². The first kappa shape index (κ1) is 23.0. The lowest BCUT2D eigenvalue weighted by Gasteiger charge is -2.36. The molecule has 31 heavy (non-hydrogen) atoms. The highest BCUT2D eigenvalue weighted by Crippen LogP contribution is 2.19. The molecule has 8 nitrogen and oxygen atoms in total. The van der Waals surface area contributed by atoms with Crippen LogP contribution >= 0.6 is 11.3 Å². The van der Waals surface area contributed by atoms with Crippen LogP contribution in [-0.4, -0.2) is 67.5 Å². The van der Waals surface area contributed by atoms with Gasteiger partial charge in [-0.1, -0.05) is 30.7 Å². The van der Waals surface area contributed by atoms with Gasteiger partial charge in [0.2, 0.25) is 21.1 Å². The van der Waals surface area contributed by atoms with Crippen LogP contribution in [0.2, 0.25) is 0 Å². The molecule has 0 unspecified atom stereocenters. The summed E-state index contributed by atoms with van der Waals surface area (Å²) in [5.74, 6) is -1.33. The molecule has 1 atom stereocenters. The normalized spacial score (nSPS) is 15.4. The van der Waals surface area contributed by atoms with Crippen LogP contribution in [0.15, 0.2) is 46.7 Å². The highest BCUT2D eigenvalue weighted by atomic mass is 32.2. The molecule has 1 aliphatic rings. The van der Waals surface area contributed by atoms with Crippen LogP contribution in [0, 0.1) is 6.92 Å². The summed E-state index contributed by atoms with van der Waals surface area (Å²) >= 11 is 1.16. The monoisotopic (exact) mass is 463 g/mol. The molecule has 10 heteroatoms. The second-order valence-corrected chi connectivity index (χ2v) is 10.2. The second kappa shape index (κ2) is 9.61. The molecule has 1 fully saturated rings. The van der Waals surface area contributed by atoms with E-state index in [1.165, 1.54) is 17.0 Å². The minimum absolute atomic E-state index is 0.0121. The van der Waals surface area contributed by atoms with Gasteiger partial charge in [-0.15, -0.1) is 11.3 Å². The van der Waals surface area contributed by atoms with E-state index in [0.29, 0.717) is 24.4 Å². The van der Waals surface area contributed by atoms with Crippen LogP contribution in [0.5, 0.6) is 0 Å². The maximum Gasteiger partial charge on any atom is 0.262 e. The predicted molar refractivity (Wildman–Crippen MR) is 117 cm³/mol. The highest BCUT2D eigenvalue weighted by Gasteiger charge is 2.39. The van der Waals surface area contributed by atoms with Gasteiger partial charge >= 0.3 is 0 Å². The van der Waals surface area contributed by atoms with Gasteiger partial charge in [-0.25, -0.2) is 8.42 Å². The third-order valence-corrected chi connectivity index (χ3v) is 7.88. The lowest BCUT2D eigenvalue weighted by atomic mass is 10.2. The molecule has 0 radical (unpaired) electrons. The molecule has 0 bridgehead atoms. The molecular formula is C21H25N3O5S2. The van der Waals surface area contributed by atoms with Crippen LogP contribution in [0.25, 0.3) is 0 Å². The Labute approximate surface area is 185 Å². The number of nitrogens with zero attached hydrogens (tertiary/aromatic N) is 2. The van der Waals surface area contributed by atoms with Gasteiger partial charge in [0, 0.05) is 32.6 Å². The van der Waals surface area contributed by atoms with Crippen molar-refractivity contribution >= 4 is 38.9 Å². The Morgan fingerprint density at radius 3 is 2.19 bits per heavy atom. The lowest BCUT2D eigenvalue weighted by Crippen LogP contribution is -2.57. The largest absolute Gasteiger partial charge is 0.339 e. The Hall–Kier alpha value is -2.72. The first-order chi connectivity index (χ1) is 14.7. The molecule has 1 saturated heterocycles. The van der Waals surface area contributed by atoms with Crippen molar-refractivity contribution in [3.8, 4) is 0 Å². The Morgan fingerprint density at radius 2 is 1.65 bits per heavy atom. The van der Waals surface area contributed by atoms with E-state index >= 15 is 0 Å². The molecule has 0 spiro atoms. The number of hydrogen-bond acceptors (Lipinski definition) is 6. The van der Waals surface area contributed by atoms with Crippen LogP contribution in [0.4, 0.5) is 0 Å². The number of thiophene rings is 1. The number of amides is 3. The number of benzene rings is 1. The fourth-order valence-electron chi connectivity index (χ4n) is 3.30. The first-order valence-corrected chi connectivity index (χ1v) is 12.4. The van der Waals surface area contributed by atoms with E-state index in [1.807, 2.05) is 6.92 Å². The van der Waals surface area contributed by atoms with Gasteiger partial charge in [-0.3, -0.25) is 14.4 Å². The minimum atomic E-state index is -4.19. The van der Waals surface area contributed by atoms with Crippen LogP contribution in [0.1, 0.15) is 28.6 Å². The summed E-state index contributed by atoms with van der Waals surface area (Å²) in [7, 11) is -4.19. The number of aryl methyl sites for hydroxylation is 1. The second-order valence-electron chi connectivity index (χ2n) is 7.25. The zero-order chi connectivity index (χ0) is 22.6. The Balaban J connectivity index is 1.86. The number of rotatable bonds is 6. The van der Waals surface area contributed by atoms with E-state index in [1.54, 1.807) is 41.5 Å². The maximum absolute atomic E-state index is 13.3. The van der Waals surface area contributed by atoms with E-state index in [0.717, 1.165) is 16.9 Å². The number of hydrogen-bond donors (Lipinski definition) is 1. The topological polar surface area (TPSA) is 104 Å². The van der Waals surface area contributed by atoms with Gasteiger partial charge in [0.25, 0.3) is 11.8 Å². The Bertz CT molecular complexity index is 1040. The van der Waals surface area contributed by atoms with Crippen molar-refractivity contribution in [2.24, 2.45) is 0 Å². The molecule has 2 heterocycles. The molecule has 3 rings (SSSR count). The molecule has 1 aromatic carbocycles. The molecule has 0 saturated carbocycles. The van der Waals surface area contributed by atoms with Gasteiger partial charge in [-0.05, 0) is 30.5 Å². The summed E-state index contributed by atoms with van der Waals surface area (Å²) in [5.41, 5.74) is 0.876. The number of sulfone groups is 1.